The summed E-state index contributed by atoms with van der Waals surface area (Å²) in [6, 6.07) is 39.6. The first-order chi connectivity index (χ1) is 37.4. The van der Waals surface area contributed by atoms with Crippen molar-refractivity contribution in [2.45, 2.75) is 180 Å². The Morgan fingerprint density at radius 2 is 0.575 bits per heavy atom. The number of rotatable bonds is 0. The van der Waals surface area contributed by atoms with Gasteiger partial charge in [0.1, 0.15) is 49.4 Å². The summed E-state index contributed by atoms with van der Waals surface area (Å²) in [6.07, 6.45) is 1.80. The maximum atomic E-state index is 7.82. The van der Waals surface area contributed by atoms with Gasteiger partial charge in [-0.05, 0) is 172 Å². The summed E-state index contributed by atoms with van der Waals surface area (Å²) in [6.45, 7) is 40.8. The van der Waals surface area contributed by atoms with Gasteiger partial charge in [-0.3, -0.25) is 0 Å². The predicted molar refractivity (Wildman–Crippen MR) is 325 cm³/mol. The fourth-order valence-electron chi connectivity index (χ4n) is 13.1. The number of aryl methyl sites for hydroxylation is 1. The third-order valence-electron chi connectivity index (χ3n) is 19.0. The van der Waals surface area contributed by atoms with Gasteiger partial charge in [0, 0.05) is 64.8 Å². The van der Waals surface area contributed by atoms with Gasteiger partial charge in [0.15, 0.2) is 0 Å². The summed E-state index contributed by atoms with van der Waals surface area (Å²) < 4.78 is 30.6. The van der Waals surface area contributed by atoms with Gasteiger partial charge in [-0.1, -0.05) is 132 Å². The second kappa shape index (κ2) is 18.1. The van der Waals surface area contributed by atoms with Gasteiger partial charge < -0.3 is 38.9 Å². The SMILES string of the molecule is Cc1cc(C(C)(C)C)cc2c1OC[C@@]1(C)c3ccc([nH]3)C3(C)COc4ccc(C(C)(C)C)cc4Cc4cc(C(C)(C)C)cc5c4OCC(C)(c4ccc3[nH]4)c3ccc([nH]3)[C@@](C)(COc3c(cc(C(C)(C)C)cc3C5)C2)c2ccc1[nH]2. The molecule has 4 aliphatic heterocycles. The number of hydrogen-bond acceptors (Lipinski definition) is 4. The van der Waals surface area contributed by atoms with Gasteiger partial charge in [-0.25, -0.2) is 0 Å². The largest absolute Gasteiger partial charge is 0.492 e. The molecule has 0 amide bonds. The smallest absolute Gasteiger partial charge is 0.126 e. The van der Waals surface area contributed by atoms with Crippen molar-refractivity contribution in [3.8, 4) is 23.0 Å². The zero-order chi connectivity index (χ0) is 56.9. The number of ether oxygens (including phenoxy) is 4. The first kappa shape index (κ1) is 53.8. The van der Waals surface area contributed by atoms with Crippen molar-refractivity contribution in [1.82, 2.24) is 19.9 Å². The minimum atomic E-state index is -0.686. The summed E-state index contributed by atoms with van der Waals surface area (Å²) >= 11 is 0. The van der Waals surface area contributed by atoms with E-state index < -0.39 is 21.7 Å². The minimum absolute atomic E-state index is 0.0967. The molecule has 0 saturated carbocycles. The van der Waals surface area contributed by atoms with E-state index in [-0.39, 0.29) is 21.7 Å². The molecule has 0 spiro atoms. The Kier molecular flexibility index (Phi) is 12.2. The topological polar surface area (TPSA) is 100 Å². The van der Waals surface area contributed by atoms with Crippen LogP contribution in [0.3, 0.4) is 0 Å². The number of H-pyrrole nitrogens is 4. The summed E-state index contributed by atoms with van der Waals surface area (Å²) in [5, 5.41) is 0. The zero-order valence-corrected chi connectivity index (χ0v) is 50.9. The van der Waals surface area contributed by atoms with Gasteiger partial charge >= 0.3 is 0 Å². The summed E-state index contributed by atoms with van der Waals surface area (Å²) in [5.41, 5.74) is 18.0. The van der Waals surface area contributed by atoms with E-state index in [9.17, 15) is 0 Å². The first-order valence-corrected chi connectivity index (χ1v) is 29.4. The van der Waals surface area contributed by atoms with E-state index >= 15 is 0 Å². The van der Waals surface area contributed by atoms with Crippen molar-refractivity contribution in [1.29, 1.82) is 0 Å². The Labute approximate surface area is 476 Å². The summed E-state index contributed by atoms with van der Waals surface area (Å²) in [7, 11) is 0. The lowest BCUT2D eigenvalue weighted by atomic mass is 9.80. The molecule has 8 heteroatoms. The molecule has 4 aromatic carbocycles. The molecular weight excluding hydrogens is 985 g/mol. The number of aromatic nitrogens is 4. The van der Waals surface area contributed by atoms with Crippen LogP contribution >= 0.6 is 0 Å². The fourth-order valence-corrected chi connectivity index (χ4v) is 13.1. The molecule has 0 saturated heterocycles. The number of hydrogen-bond donors (Lipinski definition) is 4. The second-order valence-corrected chi connectivity index (χ2v) is 29.5. The van der Waals surface area contributed by atoms with E-state index in [1.807, 2.05) is 0 Å². The molecule has 12 rings (SSSR count). The van der Waals surface area contributed by atoms with Crippen LogP contribution in [0.15, 0.2) is 103 Å². The summed E-state index contributed by atoms with van der Waals surface area (Å²) in [4.78, 5) is 16.4. The van der Waals surface area contributed by atoms with E-state index in [1.165, 1.54) is 22.3 Å². The van der Waals surface area contributed by atoms with Crippen molar-refractivity contribution in [2.75, 3.05) is 26.4 Å². The second-order valence-electron chi connectivity index (χ2n) is 29.5. The molecule has 14 bridgehead atoms. The Balaban J connectivity index is 1.25. The van der Waals surface area contributed by atoms with Crippen LogP contribution in [0.2, 0.25) is 0 Å². The van der Waals surface area contributed by atoms with E-state index in [0.717, 1.165) is 107 Å². The van der Waals surface area contributed by atoms with Crippen LogP contribution in [-0.4, -0.2) is 46.4 Å². The Bertz CT molecular complexity index is 3730. The molecule has 4 aromatic heterocycles. The molecule has 0 radical (unpaired) electrons. The Morgan fingerprint density at radius 1 is 0.312 bits per heavy atom. The monoisotopic (exact) mass is 1070 g/mol. The van der Waals surface area contributed by atoms with Crippen molar-refractivity contribution in [3.05, 3.63) is 210 Å². The third-order valence-corrected chi connectivity index (χ3v) is 19.0. The highest BCUT2D eigenvalue weighted by Crippen LogP contribution is 2.48. The molecule has 418 valence electrons. The average Bonchev–Trinajstić information content (AvgIpc) is 4.24. The molecule has 2 unspecified atom stereocenters. The van der Waals surface area contributed by atoms with Crippen LogP contribution in [-0.2, 0) is 62.6 Å². The van der Waals surface area contributed by atoms with E-state index in [4.69, 9.17) is 18.9 Å². The molecule has 0 fully saturated rings. The van der Waals surface area contributed by atoms with Crippen LogP contribution < -0.4 is 18.9 Å². The number of fused-ring (bicyclic) bond motifs is 8. The van der Waals surface area contributed by atoms with Gasteiger partial charge in [-0.2, -0.15) is 0 Å². The van der Waals surface area contributed by atoms with Crippen LogP contribution in [0.25, 0.3) is 0 Å². The number of aromatic amines is 4. The highest BCUT2D eigenvalue weighted by molar-refractivity contribution is 5.59. The van der Waals surface area contributed by atoms with E-state index in [0.29, 0.717) is 45.7 Å². The maximum Gasteiger partial charge on any atom is 0.126 e. The van der Waals surface area contributed by atoms with Crippen LogP contribution in [0.1, 0.15) is 218 Å². The Morgan fingerprint density at radius 3 is 0.900 bits per heavy atom. The third kappa shape index (κ3) is 8.93. The van der Waals surface area contributed by atoms with Crippen LogP contribution in [0.4, 0.5) is 0 Å². The molecule has 8 nitrogen and oxygen atoms in total. The molecule has 8 aromatic rings. The standard InChI is InChI=1S/C72H86N4O4/c1-42-28-50(66(5,6)7)33-44-30-46-35-52(68(11,12)13)37-48-31-47-36-51(67(8,9)10)34-45-29-43-32-49(65(2,3)4)18-19-53(43)77-38-69(14)54-20-22-56(73-54)70(15,39-78-62(42)44)57-24-25-59(75-57)72(17,41-80-64(46)48)61-27-26-60(76-61)71(16,40-79-63(45)47)58-23-21-55(69)74-58/h18-28,32-37,73-76H,29-31,38-41H2,1-17H3/t69?,70-,71?,72-/m0/s1. The molecular formula is C72H86N4O4. The van der Waals surface area contributed by atoms with Gasteiger partial charge in [0.25, 0.3) is 0 Å². The number of nitrogens with one attached hydrogen (secondary N) is 4. The minimum Gasteiger partial charge on any atom is -0.492 e. The normalized spacial score (nSPS) is 22.8. The van der Waals surface area contributed by atoms with Crippen LogP contribution in [0.5, 0.6) is 23.0 Å². The maximum absolute atomic E-state index is 7.82. The lowest BCUT2D eigenvalue weighted by Gasteiger charge is -2.35. The van der Waals surface area contributed by atoms with Gasteiger partial charge in [0.2, 0.25) is 0 Å². The van der Waals surface area contributed by atoms with E-state index in [1.54, 1.807) is 0 Å². The fraction of sp³-hybridized carbons (Fsp3) is 0.444. The van der Waals surface area contributed by atoms with Crippen molar-refractivity contribution < 1.29 is 18.9 Å². The number of benzene rings is 4. The predicted octanol–water partition coefficient (Wildman–Crippen LogP) is 16.1. The van der Waals surface area contributed by atoms with Crippen LogP contribution in [0, 0.1) is 6.92 Å². The highest BCUT2D eigenvalue weighted by Gasteiger charge is 2.44. The quantitative estimate of drug-likeness (QED) is 0.122. The molecule has 4 atom stereocenters. The van der Waals surface area contributed by atoms with Gasteiger partial charge in [0.05, 0.1) is 21.7 Å². The molecule has 4 aliphatic rings. The zero-order valence-electron chi connectivity index (χ0n) is 50.9. The molecule has 4 N–H and O–H groups in total. The lowest BCUT2D eigenvalue weighted by molar-refractivity contribution is 0.230. The van der Waals surface area contributed by atoms with E-state index in [2.05, 4.69) is 241 Å². The van der Waals surface area contributed by atoms with Crippen molar-refractivity contribution in [3.63, 3.8) is 0 Å². The van der Waals surface area contributed by atoms with Crippen molar-refractivity contribution in [2.24, 2.45) is 0 Å². The average molecular weight is 1070 g/mol. The van der Waals surface area contributed by atoms with Crippen molar-refractivity contribution >= 4 is 0 Å². The first-order valence-electron chi connectivity index (χ1n) is 29.4. The lowest BCUT2D eigenvalue weighted by Crippen LogP contribution is -2.37. The molecule has 0 aliphatic carbocycles. The summed E-state index contributed by atoms with van der Waals surface area (Å²) in [5.74, 6) is 3.59. The molecule has 80 heavy (non-hydrogen) atoms. The molecule has 8 heterocycles. The highest BCUT2D eigenvalue weighted by atomic mass is 16.5. The van der Waals surface area contributed by atoms with Gasteiger partial charge in [-0.15, -0.1) is 0 Å². The Hall–Kier alpha value is -6.80.